The van der Waals surface area contributed by atoms with Crippen molar-refractivity contribution in [3.8, 4) is 11.3 Å². The molecule has 4 heterocycles. The van der Waals surface area contributed by atoms with E-state index in [1.54, 1.807) is 0 Å². The average Bonchev–Trinajstić information content (AvgIpc) is 3.55. The maximum absolute atomic E-state index is 4.70. The van der Waals surface area contributed by atoms with Crippen molar-refractivity contribution in [2.45, 2.75) is 5.41 Å². The molecule has 4 heteroatoms. The van der Waals surface area contributed by atoms with Crippen LogP contribution in [0.3, 0.4) is 0 Å². The van der Waals surface area contributed by atoms with E-state index in [1.807, 2.05) is 34.9 Å². The van der Waals surface area contributed by atoms with Gasteiger partial charge in [0.1, 0.15) is 0 Å². The first-order valence-electron chi connectivity index (χ1n) is 10.3. The highest BCUT2D eigenvalue weighted by Crippen LogP contribution is 2.58. The summed E-state index contributed by atoms with van der Waals surface area (Å²) >= 11 is 3.66. The molecular weight excluding hydrogens is 416 g/mol. The van der Waals surface area contributed by atoms with Gasteiger partial charge in [0, 0.05) is 34.2 Å². The van der Waals surface area contributed by atoms with Gasteiger partial charge < -0.3 is 4.90 Å². The van der Waals surface area contributed by atoms with Crippen molar-refractivity contribution in [3.63, 3.8) is 0 Å². The van der Waals surface area contributed by atoms with Crippen LogP contribution in [-0.2, 0) is 5.41 Å². The Morgan fingerprint density at radius 2 is 1.42 bits per heavy atom. The minimum absolute atomic E-state index is 0.342. The lowest BCUT2D eigenvalue weighted by molar-refractivity contribution is 0.760. The van der Waals surface area contributed by atoms with E-state index in [0.29, 0.717) is 0 Å². The van der Waals surface area contributed by atoms with Crippen LogP contribution < -0.4 is 4.90 Å². The zero-order valence-corrected chi connectivity index (χ0v) is 18.7. The molecule has 31 heavy (non-hydrogen) atoms. The third-order valence-corrected chi connectivity index (χ3v) is 8.15. The first-order valence-corrected chi connectivity index (χ1v) is 12.0. The number of anilines is 2. The second kappa shape index (κ2) is 7.19. The third kappa shape index (κ3) is 2.59. The van der Waals surface area contributed by atoms with Gasteiger partial charge in [0.15, 0.2) is 0 Å². The van der Waals surface area contributed by atoms with E-state index >= 15 is 0 Å². The molecule has 2 aromatic carbocycles. The van der Waals surface area contributed by atoms with Crippen LogP contribution in [0.1, 0.15) is 20.9 Å². The molecule has 2 nitrogen and oxygen atoms in total. The van der Waals surface area contributed by atoms with Crippen molar-refractivity contribution in [3.05, 3.63) is 123 Å². The van der Waals surface area contributed by atoms with Gasteiger partial charge in [-0.1, -0.05) is 54.6 Å². The second-order valence-corrected chi connectivity index (χ2v) is 9.59. The van der Waals surface area contributed by atoms with E-state index in [1.165, 1.54) is 32.3 Å². The maximum atomic E-state index is 4.70. The Balaban J connectivity index is 1.79. The van der Waals surface area contributed by atoms with Crippen LogP contribution >= 0.6 is 22.7 Å². The fourth-order valence-corrected chi connectivity index (χ4v) is 6.92. The van der Waals surface area contributed by atoms with Crippen LogP contribution in [0.15, 0.2) is 102 Å². The van der Waals surface area contributed by atoms with Crippen LogP contribution in [0.5, 0.6) is 0 Å². The van der Waals surface area contributed by atoms with E-state index in [2.05, 4.69) is 102 Å². The van der Waals surface area contributed by atoms with Gasteiger partial charge in [0.25, 0.3) is 0 Å². The zero-order chi connectivity index (χ0) is 20.8. The molecule has 0 saturated carbocycles. The number of hydrogen-bond acceptors (Lipinski definition) is 4. The number of rotatable bonds is 3. The normalized spacial score (nSPS) is 14.2. The van der Waals surface area contributed by atoms with E-state index in [9.17, 15) is 0 Å². The van der Waals surface area contributed by atoms with Gasteiger partial charge in [-0.05, 0) is 52.2 Å². The Morgan fingerprint density at radius 3 is 2.10 bits per heavy atom. The summed E-state index contributed by atoms with van der Waals surface area (Å²) in [6, 6.07) is 30.5. The van der Waals surface area contributed by atoms with Crippen molar-refractivity contribution in [1.82, 2.24) is 4.98 Å². The van der Waals surface area contributed by atoms with E-state index in [4.69, 9.17) is 4.98 Å². The fourth-order valence-electron chi connectivity index (χ4n) is 4.92. The van der Waals surface area contributed by atoms with E-state index in [0.717, 1.165) is 11.3 Å². The second-order valence-electron chi connectivity index (χ2n) is 7.70. The molecule has 0 amide bonds. The predicted octanol–water partition coefficient (Wildman–Crippen LogP) is 7.34. The van der Waals surface area contributed by atoms with Gasteiger partial charge >= 0.3 is 0 Å². The predicted molar refractivity (Wildman–Crippen MR) is 132 cm³/mol. The van der Waals surface area contributed by atoms with Crippen molar-refractivity contribution in [1.29, 1.82) is 0 Å². The number of hydrogen-bond donors (Lipinski definition) is 0. The molecule has 0 bridgehead atoms. The lowest BCUT2D eigenvalue weighted by Gasteiger charge is -2.44. The first-order chi connectivity index (χ1) is 15.3. The molecule has 1 aliphatic rings. The Bertz CT molecular complexity index is 1310. The van der Waals surface area contributed by atoms with Gasteiger partial charge in [-0.25, -0.2) is 0 Å². The van der Waals surface area contributed by atoms with Gasteiger partial charge in [-0.15, -0.1) is 22.7 Å². The standard InChI is InChI=1S/C27H20N2S2/c1-29-23-13-3-2-10-20(23)27(24-14-7-17-30-24,25-15-8-18-31-25)21-11-6-9-19(26(21)29)22-12-4-5-16-28-22/h2-18H,1H3. The highest BCUT2D eigenvalue weighted by molar-refractivity contribution is 7.12. The summed E-state index contributed by atoms with van der Waals surface area (Å²) in [6.45, 7) is 0. The van der Waals surface area contributed by atoms with Gasteiger partial charge in [0.2, 0.25) is 0 Å². The van der Waals surface area contributed by atoms with Gasteiger partial charge in [-0.3, -0.25) is 4.98 Å². The smallest absolute Gasteiger partial charge is 0.0927 e. The number of aromatic nitrogens is 1. The largest absolute Gasteiger partial charge is 0.344 e. The topological polar surface area (TPSA) is 16.1 Å². The van der Waals surface area contributed by atoms with Crippen LogP contribution in [0.25, 0.3) is 11.3 Å². The van der Waals surface area contributed by atoms with Crippen molar-refractivity contribution < 1.29 is 0 Å². The molecule has 150 valence electrons. The SMILES string of the molecule is CN1c2ccccc2C(c2cccs2)(c2cccs2)c2cccc(-c3ccccn3)c21. The number of thiophene rings is 2. The van der Waals surface area contributed by atoms with Crippen LogP contribution in [0.2, 0.25) is 0 Å². The van der Waals surface area contributed by atoms with E-state index in [-0.39, 0.29) is 5.41 Å². The minimum atomic E-state index is -0.342. The molecule has 1 aliphatic heterocycles. The first kappa shape index (κ1) is 18.6. The Hall–Kier alpha value is -3.21. The van der Waals surface area contributed by atoms with Crippen LogP contribution in [0, 0.1) is 0 Å². The molecule has 0 saturated heterocycles. The Labute approximate surface area is 190 Å². The molecule has 0 radical (unpaired) electrons. The molecule has 0 atom stereocenters. The molecule has 0 aliphatic carbocycles. The van der Waals surface area contributed by atoms with Crippen LogP contribution in [-0.4, -0.2) is 12.0 Å². The van der Waals surface area contributed by atoms with Gasteiger partial charge in [-0.2, -0.15) is 0 Å². The molecule has 0 spiro atoms. The molecular formula is C27H20N2S2. The summed E-state index contributed by atoms with van der Waals surface area (Å²) in [5, 5.41) is 4.38. The zero-order valence-electron chi connectivity index (χ0n) is 17.0. The number of nitrogens with zero attached hydrogens (tertiary/aromatic N) is 2. The summed E-state index contributed by atoms with van der Waals surface area (Å²) < 4.78 is 0. The van der Waals surface area contributed by atoms with Crippen LogP contribution in [0.4, 0.5) is 11.4 Å². The molecule has 0 unspecified atom stereocenters. The summed E-state index contributed by atoms with van der Waals surface area (Å²) in [4.78, 5) is 9.73. The summed E-state index contributed by atoms with van der Waals surface area (Å²) in [6.07, 6.45) is 1.87. The molecule has 3 aromatic heterocycles. The fraction of sp³-hybridized carbons (Fsp3) is 0.0741. The molecule has 0 fully saturated rings. The maximum Gasteiger partial charge on any atom is 0.0927 e. The summed E-state index contributed by atoms with van der Waals surface area (Å²) in [7, 11) is 2.18. The van der Waals surface area contributed by atoms with E-state index < -0.39 is 0 Å². The average molecular weight is 437 g/mol. The highest BCUT2D eigenvalue weighted by Gasteiger charge is 2.47. The highest BCUT2D eigenvalue weighted by atomic mass is 32.1. The van der Waals surface area contributed by atoms with Crippen molar-refractivity contribution in [2.24, 2.45) is 0 Å². The lowest BCUT2D eigenvalue weighted by atomic mass is 9.68. The lowest BCUT2D eigenvalue weighted by Crippen LogP contribution is -2.37. The quantitative estimate of drug-likeness (QED) is 0.294. The third-order valence-electron chi connectivity index (χ3n) is 6.17. The van der Waals surface area contributed by atoms with Gasteiger partial charge in [0.05, 0.1) is 16.8 Å². The number of para-hydroxylation sites is 2. The Kier molecular flexibility index (Phi) is 4.30. The summed E-state index contributed by atoms with van der Waals surface area (Å²) in [5.41, 5.74) is 6.91. The molecule has 0 N–H and O–H groups in total. The van der Waals surface area contributed by atoms with Crippen molar-refractivity contribution >= 4 is 34.0 Å². The minimum Gasteiger partial charge on any atom is -0.344 e. The molecule has 5 aromatic rings. The Morgan fingerprint density at radius 1 is 0.710 bits per heavy atom. The monoisotopic (exact) mass is 436 g/mol. The van der Waals surface area contributed by atoms with Crippen molar-refractivity contribution in [2.75, 3.05) is 11.9 Å². The summed E-state index contributed by atoms with van der Waals surface area (Å²) in [5.74, 6) is 0. The number of benzene rings is 2. The number of fused-ring (bicyclic) bond motifs is 2. The number of pyridine rings is 1. The molecule has 6 rings (SSSR count).